The van der Waals surface area contributed by atoms with Crippen molar-refractivity contribution in [2.75, 3.05) is 6.61 Å². The maximum atomic E-state index is 11.1. The van der Waals surface area contributed by atoms with Gasteiger partial charge in [0.1, 0.15) is 18.0 Å². The van der Waals surface area contributed by atoms with Crippen LogP contribution in [0.25, 0.3) is 0 Å². The zero-order valence-electron chi connectivity index (χ0n) is 11.0. The summed E-state index contributed by atoms with van der Waals surface area (Å²) in [6.07, 6.45) is 0.448. The Balaban J connectivity index is 2.39. The minimum Gasteiger partial charge on any atom is -0.466 e. The van der Waals surface area contributed by atoms with E-state index in [1.54, 1.807) is 6.92 Å². The van der Waals surface area contributed by atoms with Crippen LogP contribution in [0, 0.1) is 0 Å². The van der Waals surface area contributed by atoms with Crippen molar-refractivity contribution in [2.24, 2.45) is 10.9 Å². The number of hydrogen-bond acceptors (Lipinski definition) is 4. The zero-order valence-corrected chi connectivity index (χ0v) is 11.0. The fourth-order valence-electron chi connectivity index (χ4n) is 1.37. The average Bonchev–Trinajstić information content (AvgIpc) is 2.38. The number of nitrogens with zero attached hydrogens (tertiary/aromatic N) is 1. The molecule has 0 bridgehead atoms. The topological polar surface area (TPSA) is 73.9 Å². The second-order valence-electron chi connectivity index (χ2n) is 3.86. The highest BCUT2D eigenvalue weighted by Crippen LogP contribution is 2.04. The molecule has 0 radical (unpaired) electrons. The molecule has 1 aromatic rings. The number of nitrogens with two attached hydrogens (primary N) is 1. The lowest BCUT2D eigenvalue weighted by atomic mass is 10.1. The van der Waals surface area contributed by atoms with Gasteiger partial charge in [-0.2, -0.15) is 0 Å². The van der Waals surface area contributed by atoms with Crippen LogP contribution in [-0.4, -0.2) is 18.4 Å². The van der Waals surface area contributed by atoms with Crippen molar-refractivity contribution >= 4 is 11.8 Å². The van der Waals surface area contributed by atoms with Crippen LogP contribution in [0.1, 0.15) is 18.9 Å². The summed E-state index contributed by atoms with van der Waals surface area (Å²) in [5, 5.41) is 3.72. The first-order valence-electron chi connectivity index (χ1n) is 5.98. The third kappa shape index (κ3) is 6.26. The standard InChI is InChI=1S/C14H18N2O3/c1-3-18-14(17)9-11(2)19-16-13(15)10-12-7-5-4-6-8-12/h4-8H,2-3,9-10H2,1H3,(H2,15,16). The summed E-state index contributed by atoms with van der Waals surface area (Å²) in [4.78, 5) is 16.1. The Kier molecular flexibility index (Phi) is 6.15. The summed E-state index contributed by atoms with van der Waals surface area (Å²) in [6, 6.07) is 9.65. The fraction of sp³-hybridized carbons (Fsp3) is 0.286. The Labute approximate surface area is 112 Å². The van der Waals surface area contributed by atoms with Gasteiger partial charge in [0.2, 0.25) is 0 Å². The highest BCUT2D eigenvalue weighted by Gasteiger charge is 2.06. The molecule has 5 heteroatoms. The molecule has 2 N–H and O–H groups in total. The molecule has 0 fully saturated rings. The van der Waals surface area contributed by atoms with Crippen LogP contribution in [0.15, 0.2) is 47.8 Å². The normalized spacial score (nSPS) is 10.9. The molecule has 0 aliphatic rings. The minimum atomic E-state index is -0.399. The van der Waals surface area contributed by atoms with Crippen LogP contribution < -0.4 is 5.73 Å². The van der Waals surface area contributed by atoms with E-state index in [2.05, 4.69) is 11.7 Å². The number of amidine groups is 1. The number of esters is 1. The van der Waals surface area contributed by atoms with Crippen LogP contribution in [0.3, 0.4) is 0 Å². The number of rotatable bonds is 7. The maximum Gasteiger partial charge on any atom is 0.313 e. The van der Waals surface area contributed by atoms with Gasteiger partial charge in [0.25, 0.3) is 0 Å². The molecule has 0 amide bonds. The van der Waals surface area contributed by atoms with Crippen molar-refractivity contribution in [1.29, 1.82) is 0 Å². The summed E-state index contributed by atoms with van der Waals surface area (Å²) < 4.78 is 4.76. The van der Waals surface area contributed by atoms with Gasteiger partial charge in [0, 0.05) is 6.42 Å². The number of carbonyl (C=O) groups is 1. The predicted molar refractivity (Wildman–Crippen MR) is 73.2 cm³/mol. The van der Waals surface area contributed by atoms with Gasteiger partial charge in [-0.25, -0.2) is 0 Å². The van der Waals surface area contributed by atoms with Crippen LogP contribution in [0.5, 0.6) is 0 Å². The molecule has 0 atom stereocenters. The van der Waals surface area contributed by atoms with E-state index in [4.69, 9.17) is 15.3 Å². The third-order valence-corrected chi connectivity index (χ3v) is 2.17. The average molecular weight is 262 g/mol. The van der Waals surface area contributed by atoms with Gasteiger partial charge in [0.15, 0.2) is 0 Å². The van der Waals surface area contributed by atoms with Crippen molar-refractivity contribution in [3.8, 4) is 0 Å². The summed E-state index contributed by atoms with van der Waals surface area (Å²) in [7, 11) is 0. The highest BCUT2D eigenvalue weighted by molar-refractivity contribution is 5.82. The first kappa shape index (κ1) is 14.8. The second kappa shape index (κ2) is 7.92. The monoisotopic (exact) mass is 262 g/mol. The highest BCUT2D eigenvalue weighted by atomic mass is 16.6. The Bertz CT molecular complexity index is 455. The van der Waals surface area contributed by atoms with Crippen LogP contribution in [-0.2, 0) is 20.8 Å². The summed E-state index contributed by atoms with van der Waals surface area (Å²) in [6.45, 7) is 5.63. The molecule has 5 nitrogen and oxygen atoms in total. The second-order valence-corrected chi connectivity index (χ2v) is 3.86. The molecule has 0 heterocycles. The lowest BCUT2D eigenvalue weighted by molar-refractivity contribution is -0.143. The number of carbonyl (C=O) groups excluding carboxylic acids is 1. The molecule has 19 heavy (non-hydrogen) atoms. The number of ether oxygens (including phenoxy) is 1. The van der Waals surface area contributed by atoms with E-state index in [0.717, 1.165) is 5.56 Å². The molecular weight excluding hydrogens is 244 g/mol. The molecular formula is C14H18N2O3. The number of benzene rings is 1. The molecule has 1 aromatic carbocycles. The van der Waals surface area contributed by atoms with Crippen LogP contribution >= 0.6 is 0 Å². The SMILES string of the molecule is C=C(CC(=O)OCC)O/N=C(\N)Cc1ccccc1. The Morgan fingerprint density at radius 1 is 1.37 bits per heavy atom. The summed E-state index contributed by atoms with van der Waals surface area (Å²) in [5.74, 6) is 0.120. The van der Waals surface area contributed by atoms with E-state index in [1.165, 1.54) is 0 Å². The first-order chi connectivity index (χ1) is 9.11. The first-order valence-corrected chi connectivity index (χ1v) is 5.98. The lowest BCUT2D eigenvalue weighted by Gasteiger charge is -2.04. The third-order valence-electron chi connectivity index (χ3n) is 2.17. The Morgan fingerprint density at radius 3 is 2.68 bits per heavy atom. The van der Waals surface area contributed by atoms with Gasteiger partial charge in [-0.05, 0) is 12.5 Å². The van der Waals surface area contributed by atoms with E-state index in [9.17, 15) is 4.79 Å². The van der Waals surface area contributed by atoms with Gasteiger partial charge < -0.3 is 15.3 Å². The molecule has 0 saturated heterocycles. The Hall–Kier alpha value is -2.30. The number of oxime groups is 1. The summed E-state index contributed by atoms with van der Waals surface area (Å²) in [5.41, 5.74) is 6.74. The van der Waals surface area contributed by atoms with Crippen LogP contribution in [0.2, 0.25) is 0 Å². The molecule has 0 spiro atoms. The molecule has 102 valence electrons. The fourth-order valence-corrected chi connectivity index (χ4v) is 1.37. The molecule has 0 aliphatic carbocycles. The lowest BCUT2D eigenvalue weighted by Crippen LogP contribution is -2.15. The van der Waals surface area contributed by atoms with Crippen molar-refractivity contribution in [3.63, 3.8) is 0 Å². The van der Waals surface area contributed by atoms with E-state index in [0.29, 0.717) is 18.9 Å². The molecule has 0 aromatic heterocycles. The minimum absolute atomic E-state index is 0.0318. The van der Waals surface area contributed by atoms with Crippen molar-refractivity contribution < 1.29 is 14.4 Å². The largest absolute Gasteiger partial charge is 0.466 e. The quantitative estimate of drug-likeness (QED) is 0.268. The van der Waals surface area contributed by atoms with Crippen molar-refractivity contribution in [1.82, 2.24) is 0 Å². The van der Waals surface area contributed by atoms with Gasteiger partial charge in [-0.15, -0.1) is 0 Å². The van der Waals surface area contributed by atoms with Crippen LogP contribution in [0.4, 0.5) is 0 Å². The van der Waals surface area contributed by atoms with E-state index in [-0.39, 0.29) is 12.2 Å². The smallest absolute Gasteiger partial charge is 0.313 e. The maximum absolute atomic E-state index is 11.1. The van der Waals surface area contributed by atoms with Gasteiger partial charge in [-0.1, -0.05) is 42.1 Å². The van der Waals surface area contributed by atoms with Crippen molar-refractivity contribution in [2.45, 2.75) is 19.8 Å². The molecule has 0 aliphatic heterocycles. The van der Waals surface area contributed by atoms with Gasteiger partial charge in [-0.3, -0.25) is 4.79 Å². The van der Waals surface area contributed by atoms with E-state index >= 15 is 0 Å². The molecule has 0 saturated carbocycles. The molecule has 1 rings (SSSR count). The zero-order chi connectivity index (χ0) is 14.1. The Morgan fingerprint density at radius 2 is 2.05 bits per heavy atom. The number of hydrogen-bond donors (Lipinski definition) is 1. The van der Waals surface area contributed by atoms with Gasteiger partial charge in [0.05, 0.1) is 6.61 Å². The molecule has 0 unspecified atom stereocenters. The summed E-state index contributed by atoms with van der Waals surface area (Å²) >= 11 is 0. The predicted octanol–water partition coefficient (Wildman–Crippen LogP) is 1.98. The van der Waals surface area contributed by atoms with Crippen molar-refractivity contribution in [3.05, 3.63) is 48.2 Å². The van der Waals surface area contributed by atoms with E-state index < -0.39 is 5.97 Å². The van der Waals surface area contributed by atoms with Gasteiger partial charge >= 0.3 is 5.97 Å². The van der Waals surface area contributed by atoms with E-state index in [1.807, 2.05) is 30.3 Å².